The van der Waals surface area contributed by atoms with Crippen LogP contribution in [0.15, 0.2) is 47.4 Å². The van der Waals surface area contributed by atoms with Crippen LogP contribution >= 0.6 is 46.7 Å². The fourth-order valence-corrected chi connectivity index (χ4v) is 4.74. The molecule has 134 valence electrons. The lowest BCUT2D eigenvalue weighted by Gasteiger charge is -2.11. The molecule has 0 unspecified atom stereocenters. The number of nitrogens with one attached hydrogen (secondary N) is 1. The molecule has 0 atom stereocenters. The molecular formula is C19H21Cl2NOS2. The fourth-order valence-electron chi connectivity index (χ4n) is 2.19. The van der Waals surface area contributed by atoms with Crippen molar-refractivity contribution < 1.29 is 4.79 Å². The van der Waals surface area contributed by atoms with Crippen LogP contribution in [0.1, 0.15) is 29.8 Å². The van der Waals surface area contributed by atoms with Gasteiger partial charge in [0.2, 0.25) is 0 Å². The summed E-state index contributed by atoms with van der Waals surface area (Å²) in [4.78, 5) is 13.4. The highest BCUT2D eigenvalue weighted by molar-refractivity contribution is 8.00. The van der Waals surface area contributed by atoms with Gasteiger partial charge in [0.25, 0.3) is 5.91 Å². The first-order chi connectivity index (χ1) is 12.0. The molecule has 0 aromatic heterocycles. The van der Waals surface area contributed by atoms with E-state index in [0.29, 0.717) is 21.8 Å². The maximum Gasteiger partial charge on any atom is 0.252 e. The van der Waals surface area contributed by atoms with E-state index in [0.717, 1.165) is 27.5 Å². The van der Waals surface area contributed by atoms with Crippen LogP contribution in [0.3, 0.4) is 0 Å². The van der Waals surface area contributed by atoms with Crippen molar-refractivity contribution in [2.24, 2.45) is 0 Å². The number of benzene rings is 2. The smallest absolute Gasteiger partial charge is 0.252 e. The topological polar surface area (TPSA) is 29.1 Å². The summed E-state index contributed by atoms with van der Waals surface area (Å²) in [5.41, 5.74) is 1.68. The molecule has 1 N–H and O–H groups in total. The Bertz CT molecular complexity index is 702. The molecule has 1 amide bonds. The zero-order chi connectivity index (χ0) is 18.2. The Morgan fingerprint density at radius 2 is 1.76 bits per heavy atom. The molecule has 0 aliphatic rings. The van der Waals surface area contributed by atoms with Crippen LogP contribution in [0.5, 0.6) is 0 Å². The Balaban J connectivity index is 1.81. The van der Waals surface area contributed by atoms with Crippen molar-refractivity contribution in [2.75, 3.05) is 12.3 Å². The summed E-state index contributed by atoms with van der Waals surface area (Å²) >= 11 is 15.7. The lowest BCUT2D eigenvalue weighted by molar-refractivity contribution is 0.0953. The van der Waals surface area contributed by atoms with Gasteiger partial charge in [0, 0.05) is 38.2 Å². The van der Waals surface area contributed by atoms with Gasteiger partial charge in [-0.05, 0) is 29.8 Å². The van der Waals surface area contributed by atoms with E-state index >= 15 is 0 Å². The van der Waals surface area contributed by atoms with Gasteiger partial charge in [-0.3, -0.25) is 4.79 Å². The SMILES string of the molecule is CC(C)Sc1ccccc1C(=O)NCCSCc1c(Cl)cccc1Cl. The number of rotatable bonds is 8. The first-order valence-electron chi connectivity index (χ1n) is 8.03. The normalized spacial score (nSPS) is 10.9. The quantitative estimate of drug-likeness (QED) is 0.415. The number of thioether (sulfide) groups is 2. The fraction of sp³-hybridized carbons (Fsp3) is 0.316. The van der Waals surface area contributed by atoms with Crippen LogP contribution in [-0.2, 0) is 5.75 Å². The van der Waals surface area contributed by atoms with Crippen LogP contribution < -0.4 is 5.32 Å². The standard InChI is InChI=1S/C19H21Cl2NOS2/c1-13(2)25-18-9-4-3-6-14(18)19(23)22-10-11-24-12-15-16(20)7-5-8-17(15)21/h3-9,13H,10-12H2,1-2H3,(H,22,23). The zero-order valence-corrected chi connectivity index (χ0v) is 17.4. The molecule has 0 radical (unpaired) electrons. The highest BCUT2D eigenvalue weighted by Gasteiger charge is 2.12. The molecule has 2 aromatic rings. The third-order valence-electron chi connectivity index (χ3n) is 3.33. The minimum atomic E-state index is -0.0277. The van der Waals surface area contributed by atoms with E-state index in [-0.39, 0.29) is 5.91 Å². The lowest BCUT2D eigenvalue weighted by Crippen LogP contribution is -2.26. The molecule has 2 rings (SSSR count). The largest absolute Gasteiger partial charge is 0.351 e. The third kappa shape index (κ3) is 6.45. The first kappa shape index (κ1) is 20.5. The van der Waals surface area contributed by atoms with E-state index in [9.17, 15) is 4.79 Å². The average molecular weight is 414 g/mol. The summed E-state index contributed by atoms with van der Waals surface area (Å²) < 4.78 is 0. The number of halogens is 2. The van der Waals surface area contributed by atoms with Crippen molar-refractivity contribution in [3.8, 4) is 0 Å². The maximum atomic E-state index is 12.4. The predicted molar refractivity (Wildman–Crippen MR) is 112 cm³/mol. The van der Waals surface area contributed by atoms with E-state index < -0.39 is 0 Å². The van der Waals surface area contributed by atoms with E-state index in [2.05, 4.69) is 19.2 Å². The Kier molecular flexibility index (Phi) is 8.50. The summed E-state index contributed by atoms with van der Waals surface area (Å²) in [5.74, 6) is 1.50. The van der Waals surface area contributed by atoms with E-state index in [4.69, 9.17) is 23.2 Å². The number of amides is 1. The molecule has 2 nitrogen and oxygen atoms in total. The molecule has 2 aromatic carbocycles. The molecule has 0 aliphatic heterocycles. The molecule has 0 heterocycles. The van der Waals surface area contributed by atoms with Crippen molar-refractivity contribution in [1.29, 1.82) is 0 Å². The number of hydrogen-bond acceptors (Lipinski definition) is 3. The van der Waals surface area contributed by atoms with Gasteiger partial charge in [0.15, 0.2) is 0 Å². The van der Waals surface area contributed by atoms with Gasteiger partial charge < -0.3 is 5.32 Å². The summed E-state index contributed by atoms with van der Waals surface area (Å²) in [6.07, 6.45) is 0. The van der Waals surface area contributed by atoms with E-state index in [1.165, 1.54) is 0 Å². The van der Waals surface area contributed by atoms with Crippen molar-refractivity contribution in [3.05, 3.63) is 63.6 Å². The molecule has 0 aliphatic carbocycles. The Morgan fingerprint density at radius 3 is 2.44 bits per heavy atom. The van der Waals surface area contributed by atoms with Crippen LogP contribution in [-0.4, -0.2) is 23.5 Å². The molecule has 6 heteroatoms. The highest BCUT2D eigenvalue weighted by Crippen LogP contribution is 2.28. The molecule has 0 spiro atoms. The van der Waals surface area contributed by atoms with Gasteiger partial charge in [-0.2, -0.15) is 11.8 Å². The van der Waals surface area contributed by atoms with Crippen molar-refractivity contribution in [3.63, 3.8) is 0 Å². The highest BCUT2D eigenvalue weighted by atomic mass is 35.5. The van der Waals surface area contributed by atoms with Gasteiger partial charge in [-0.15, -0.1) is 11.8 Å². The van der Waals surface area contributed by atoms with Crippen LogP contribution in [0, 0.1) is 0 Å². The van der Waals surface area contributed by atoms with Gasteiger partial charge in [0.05, 0.1) is 5.56 Å². The van der Waals surface area contributed by atoms with Crippen LogP contribution in [0.2, 0.25) is 10.0 Å². The second-order valence-electron chi connectivity index (χ2n) is 5.67. The molecule has 0 bridgehead atoms. The molecule has 0 saturated heterocycles. The summed E-state index contributed by atoms with van der Waals surface area (Å²) in [6, 6.07) is 13.2. The molecular weight excluding hydrogens is 393 g/mol. The second kappa shape index (κ2) is 10.4. The number of carbonyl (C=O) groups excluding carboxylic acids is 1. The first-order valence-corrected chi connectivity index (χ1v) is 10.8. The Labute approximate surface area is 168 Å². The summed E-state index contributed by atoms with van der Waals surface area (Å²) in [5, 5.41) is 4.79. The summed E-state index contributed by atoms with van der Waals surface area (Å²) in [6.45, 7) is 4.85. The second-order valence-corrected chi connectivity index (χ2v) is 9.21. The predicted octanol–water partition coefficient (Wildman–Crippen LogP) is 6.16. The number of hydrogen-bond donors (Lipinski definition) is 1. The zero-order valence-electron chi connectivity index (χ0n) is 14.2. The molecule has 25 heavy (non-hydrogen) atoms. The Hall–Kier alpha value is -0.810. The van der Waals surface area contributed by atoms with Gasteiger partial charge in [-0.25, -0.2) is 0 Å². The van der Waals surface area contributed by atoms with Crippen LogP contribution in [0.4, 0.5) is 0 Å². The van der Waals surface area contributed by atoms with E-state index in [1.807, 2.05) is 42.5 Å². The molecule has 0 saturated carbocycles. The summed E-state index contributed by atoms with van der Waals surface area (Å²) in [7, 11) is 0. The van der Waals surface area contributed by atoms with Gasteiger partial charge in [-0.1, -0.05) is 55.2 Å². The van der Waals surface area contributed by atoms with Crippen LogP contribution in [0.25, 0.3) is 0 Å². The van der Waals surface area contributed by atoms with Crippen molar-refractivity contribution in [1.82, 2.24) is 5.32 Å². The van der Waals surface area contributed by atoms with Gasteiger partial charge >= 0.3 is 0 Å². The average Bonchev–Trinajstić information content (AvgIpc) is 2.56. The van der Waals surface area contributed by atoms with E-state index in [1.54, 1.807) is 23.5 Å². The van der Waals surface area contributed by atoms with Crippen molar-refractivity contribution in [2.45, 2.75) is 29.7 Å². The monoisotopic (exact) mass is 413 g/mol. The minimum Gasteiger partial charge on any atom is -0.351 e. The van der Waals surface area contributed by atoms with Crippen molar-refractivity contribution >= 4 is 52.6 Å². The lowest BCUT2D eigenvalue weighted by atomic mass is 10.2. The molecule has 0 fully saturated rings. The minimum absolute atomic E-state index is 0.0277. The maximum absolute atomic E-state index is 12.4. The number of carbonyl (C=O) groups is 1. The third-order valence-corrected chi connectivity index (χ3v) is 6.11. The van der Waals surface area contributed by atoms with Gasteiger partial charge in [0.1, 0.15) is 0 Å². The Morgan fingerprint density at radius 1 is 1.08 bits per heavy atom.